The molecule has 1 saturated heterocycles. The lowest BCUT2D eigenvalue weighted by Gasteiger charge is -2.37. The van der Waals surface area contributed by atoms with E-state index in [1.807, 2.05) is 13.0 Å². The van der Waals surface area contributed by atoms with E-state index in [2.05, 4.69) is 61.0 Å². The third-order valence-electron chi connectivity index (χ3n) is 5.69. The predicted molar refractivity (Wildman–Crippen MR) is 134 cm³/mol. The van der Waals surface area contributed by atoms with Gasteiger partial charge in [-0.05, 0) is 75.4 Å². The van der Waals surface area contributed by atoms with E-state index in [-0.39, 0.29) is 0 Å². The van der Waals surface area contributed by atoms with Crippen molar-refractivity contribution < 1.29 is 0 Å². The van der Waals surface area contributed by atoms with Gasteiger partial charge in [0.05, 0.1) is 10.0 Å². The summed E-state index contributed by atoms with van der Waals surface area (Å²) in [5.41, 5.74) is 3.31. The van der Waals surface area contributed by atoms with E-state index in [1.54, 1.807) is 17.7 Å². The number of anilines is 1. The highest BCUT2D eigenvalue weighted by atomic mass is 35.5. The first kappa shape index (κ1) is 24.8. The van der Waals surface area contributed by atoms with Crippen LogP contribution in [0, 0.1) is 0 Å². The van der Waals surface area contributed by atoms with Crippen molar-refractivity contribution in [1.29, 1.82) is 0 Å². The lowest BCUT2D eigenvalue weighted by atomic mass is 9.88. The summed E-state index contributed by atoms with van der Waals surface area (Å²) in [6.45, 7) is 12.8. The van der Waals surface area contributed by atoms with Crippen LogP contribution in [0.3, 0.4) is 0 Å². The van der Waals surface area contributed by atoms with E-state index in [0.717, 1.165) is 23.3 Å². The number of hydrogen-bond acceptors (Lipinski definition) is 2. The van der Waals surface area contributed by atoms with Crippen molar-refractivity contribution >= 4 is 28.9 Å². The van der Waals surface area contributed by atoms with Crippen molar-refractivity contribution in [3.05, 3.63) is 76.4 Å². The Hall–Kier alpha value is -1.48. The van der Waals surface area contributed by atoms with Crippen LogP contribution in [0.1, 0.15) is 64.4 Å². The lowest BCUT2D eigenvalue weighted by molar-refractivity contribution is 0.140. The van der Waals surface area contributed by atoms with Crippen LogP contribution in [0.4, 0.5) is 5.69 Å². The van der Waals surface area contributed by atoms with Gasteiger partial charge in [-0.25, -0.2) is 0 Å². The van der Waals surface area contributed by atoms with Crippen molar-refractivity contribution in [3.8, 4) is 0 Å². The van der Waals surface area contributed by atoms with Crippen LogP contribution in [0.15, 0.2) is 60.8 Å². The molecule has 0 saturated carbocycles. The van der Waals surface area contributed by atoms with Gasteiger partial charge in [0.15, 0.2) is 0 Å². The van der Waals surface area contributed by atoms with Gasteiger partial charge in [0, 0.05) is 17.4 Å². The molecule has 0 aliphatic carbocycles. The number of benzene rings is 2. The van der Waals surface area contributed by atoms with Crippen LogP contribution >= 0.6 is 23.2 Å². The van der Waals surface area contributed by atoms with Gasteiger partial charge in [-0.2, -0.15) is 0 Å². The monoisotopic (exact) mass is 446 g/mol. The molecule has 0 bridgehead atoms. The minimum atomic E-state index is 0.544. The quantitative estimate of drug-likeness (QED) is 0.458. The fourth-order valence-electron chi connectivity index (χ4n) is 4.12. The minimum absolute atomic E-state index is 0.544. The van der Waals surface area contributed by atoms with E-state index in [9.17, 15) is 0 Å². The predicted octanol–water partition coefficient (Wildman–Crippen LogP) is 8.38. The Balaban J connectivity index is 0.000000232. The van der Waals surface area contributed by atoms with Crippen LogP contribution in [-0.2, 0) is 0 Å². The number of likely N-dealkylation sites (tertiary alicyclic amines) is 1. The van der Waals surface area contributed by atoms with Gasteiger partial charge in [0.2, 0.25) is 0 Å². The minimum Gasteiger partial charge on any atom is -0.360 e. The normalized spacial score (nSPS) is 15.8. The van der Waals surface area contributed by atoms with Gasteiger partial charge in [0.1, 0.15) is 0 Å². The number of nitrogens with zero attached hydrogens (tertiary/aromatic N) is 1. The van der Waals surface area contributed by atoms with Crippen LogP contribution in [0.2, 0.25) is 10.0 Å². The first-order valence-electron chi connectivity index (χ1n) is 11.1. The second-order valence-corrected chi connectivity index (χ2v) is 8.92. The van der Waals surface area contributed by atoms with E-state index >= 15 is 0 Å². The molecular formula is C26H36Cl2N2. The molecular weight excluding hydrogens is 411 g/mol. The summed E-state index contributed by atoms with van der Waals surface area (Å²) >= 11 is 11.5. The number of hydrogen-bond donors (Lipinski definition) is 1. The first-order valence-corrected chi connectivity index (χ1v) is 11.9. The van der Waals surface area contributed by atoms with E-state index < -0.39 is 0 Å². The zero-order valence-electron chi connectivity index (χ0n) is 18.6. The summed E-state index contributed by atoms with van der Waals surface area (Å²) in [5, 5.41) is 4.14. The SMILES string of the molecule is C=C(C)Nc1ccc(Cl)c(Cl)c1.CCCC(CC)N1CCC(c2ccccc2)CC1. The maximum atomic E-state index is 5.80. The zero-order valence-corrected chi connectivity index (χ0v) is 20.1. The smallest absolute Gasteiger partial charge is 0.0612 e. The van der Waals surface area contributed by atoms with Crippen molar-refractivity contribution in [3.63, 3.8) is 0 Å². The topological polar surface area (TPSA) is 15.3 Å². The second-order valence-electron chi connectivity index (χ2n) is 8.11. The molecule has 164 valence electrons. The average Bonchev–Trinajstić information content (AvgIpc) is 2.75. The van der Waals surface area contributed by atoms with Crippen molar-refractivity contribution in [2.75, 3.05) is 18.4 Å². The molecule has 0 radical (unpaired) electrons. The van der Waals surface area contributed by atoms with Crippen molar-refractivity contribution in [2.45, 2.75) is 64.8 Å². The zero-order chi connectivity index (χ0) is 21.9. The molecule has 1 aliphatic heterocycles. The fourth-order valence-corrected chi connectivity index (χ4v) is 4.42. The van der Waals surface area contributed by atoms with Gasteiger partial charge in [-0.1, -0.05) is 80.4 Å². The van der Waals surface area contributed by atoms with E-state index in [1.165, 1.54) is 45.2 Å². The third kappa shape index (κ3) is 7.98. The Kier molecular flexibility index (Phi) is 10.8. The maximum Gasteiger partial charge on any atom is 0.0612 e. The van der Waals surface area contributed by atoms with Crippen LogP contribution in [-0.4, -0.2) is 24.0 Å². The Labute approximate surface area is 193 Å². The highest BCUT2D eigenvalue weighted by Crippen LogP contribution is 2.29. The molecule has 1 N–H and O–H groups in total. The van der Waals surface area contributed by atoms with Gasteiger partial charge in [-0.15, -0.1) is 0 Å². The van der Waals surface area contributed by atoms with Crippen molar-refractivity contribution in [2.24, 2.45) is 0 Å². The molecule has 1 heterocycles. The first-order chi connectivity index (χ1) is 14.4. The molecule has 0 spiro atoms. The van der Waals surface area contributed by atoms with Crippen LogP contribution < -0.4 is 5.32 Å². The van der Waals surface area contributed by atoms with Gasteiger partial charge in [0.25, 0.3) is 0 Å². The fraction of sp³-hybridized carbons (Fsp3) is 0.462. The summed E-state index contributed by atoms with van der Waals surface area (Å²) in [5.74, 6) is 0.793. The van der Waals surface area contributed by atoms with E-state index in [4.69, 9.17) is 23.2 Å². The van der Waals surface area contributed by atoms with E-state index in [0.29, 0.717) is 10.0 Å². The molecule has 2 aromatic rings. The van der Waals surface area contributed by atoms with Crippen molar-refractivity contribution in [1.82, 2.24) is 4.90 Å². The van der Waals surface area contributed by atoms with Crippen LogP contribution in [0.5, 0.6) is 0 Å². The molecule has 1 unspecified atom stereocenters. The number of piperidine rings is 1. The van der Waals surface area contributed by atoms with Crippen LogP contribution in [0.25, 0.3) is 0 Å². The summed E-state index contributed by atoms with van der Waals surface area (Å²) < 4.78 is 0. The molecule has 3 rings (SSSR count). The van der Waals surface area contributed by atoms with Gasteiger partial charge in [-0.3, -0.25) is 0 Å². The Morgan fingerprint density at radius 3 is 2.27 bits per heavy atom. The Morgan fingerprint density at radius 2 is 1.73 bits per heavy atom. The molecule has 2 nitrogen and oxygen atoms in total. The number of nitrogens with one attached hydrogen (secondary N) is 1. The summed E-state index contributed by atoms with van der Waals surface area (Å²) in [7, 11) is 0. The largest absolute Gasteiger partial charge is 0.360 e. The Bertz CT molecular complexity index is 768. The molecule has 1 atom stereocenters. The lowest BCUT2D eigenvalue weighted by Crippen LogP contribution is -2.40. The average molecular weight is 447 g/mol. The maximum absolute atomic E-state index is 5.80. The highest BCUT2D eigenvalue weighted by Gasteiger charge is 2.24. The highest BCUT2D eigenvalue weighted by molar-refractivity contribution is 6.42. The number of halogens is 2. The van der Waals surface area contributed by atoms with Gasteiger partial charge >= 0.3 is 0 Å². The molecule has 30 heavy (non-hydrogen) atoms. The summed E-state index contributed by atoms with van der Waals surface area (Å²) in [4.78, 5) is 2.73. The summed E-state index contributed by atoms with van der Waals surface area (Å²) in [6.07, 6.45) is 6.67. The van der Waals surface area contributed by atoms with Gasteiger partial charge < -0.3 is 10.2 Å². The standard InChI is InChI=1S/C17H27N.C9H9Cl2N/c1-3-8-17(4-2)18-13-11-16(12-14-18)15-9-6-5-7-10-15;1-6(2)12-7-3-4-8(10)9(11)5-7/h5-7,9-10,16-17H,3-4,8,11-14H2,1-2H3;3-5,12H,1H2,2H3. The number of allylic oxidation sites excluding steroid dienone is 1. The molecule has 4 heteroatoms. The Morgan fingerprint density at radius 1 is 1.07 bits per heavy atom. The number of rotatable bonds is 7. The third-order valence-corrected chi connectivity index (χ3v) is 6.43. The molecule has 1 aliphatic rings. The second kappa shape index (κ2) is 13.0. The molecule has 0 amide bonds. The molecule has 2 aromatic carbocycles. The summed E-state index contributed by atoms with van der Waals surface area (Å²) in [6, 6.07) is 17.2. The molecule has 0 aromatic heterocycles. The molecule has 1 fully saturated rings.